The number of esters is 1. The Kier molecular flexibility index (Phi) is 4.97. The number of carbonyl (C=O) groups excluding carboxylic acids is 2. The molecule has 1 aromatic rings. The smallest absolute Gasteiger partial charge is 0.338 e. The van der Waals surface area contributed by atoms with E-state index in [1.165, 1.54) is 11.3 Å². The van der Waals surface area contributed by atoms with Crippen molar-refractivity contribution in [1.82, 2.24) is 15.5 Å². The molecule has 124 valence electrons. The average Bonchev–Trinajstić information content (AvgIpc) is 3.20. The molecule has 1 atom stereocenters. The predicted octanol–water partition coefficient (Wildman–Crippen LogP) is 2.01. The van der Waals surface area contributed by atoms with Crippen LogP contribution in [0.5, 0.6) is 0 Å². The van der Waals surface area contributed by atoms with Gasteiger partial charge >= 0.3 is 12.0 Å². The highest BCUT2D eigenvalue weighted by atomic mass is 32.1. The van der Waals surface area contributed by atoms with Crippen LogP contribution in [0.2, 0.25) is 0 Å². The highest BCUT2D eigenvalue weighted by Crippen LogP contribution is 2.31. The molecular formula is C16H21N3O3S. The summed E-state index contributed by atoms with van der Waals surface area (Å²) in [5.41, 5.74) is 1.17. The van der Waals surface area contributed by atoms with Crippen molar-refractivity contribution in [2.24, 2.45) is 0 Å². The van der Waals surface area contributed by atoms with E-state index >= 15 is 0 Å². The summed E-state index contributed by atoms with van der Waals surface area (Å²) in [6.07, 6.45) is 2.31. The first-order valence-electron chi connectivity index (χ1n) is 7.92. The molecule has 0 spiro atoms. The Hall–Kier alpha value is -1.86. The van der Waals surface area contributed by atoms with Crippen molar-refractivity contribution in [3.8, 4) is 0 Å². The number of ether oxygens (including phenoxy) is 1. The van der Waals surface area contributed by atoms with E-state index in [0.717, 1.165) is 30.8 Å². The molecule has 2 aliphatic rings. The maximum absolute atomic E-state index is 12.5. The van der Waals surface area contributed by atoms with Crippen molar-refractivity contribution in [1.29, 1.82) is 0 Å². The summed E-state index contributed by atoms with van der Waals surface area (Å²) in [4.78, 5) is 27.8. The molecule has 0 saturated carbocycles. The zero-order chi connectivity index (χ0) is 16.2. The lowest BCUT2D eigenvalue weighted by Gasteiger charge is -2.30. The van der Waals surface area contributed by atoms with Gasteiger partial charge in [-0.3, -0.25) is 4.90 Å². The number of amides is 2. The highest BCUT2D eigenvalue weighted by Gasteiger charge is 2.35. The summed E-state index contributed by atoms with van der Waals surface area (Å²) in [6, 6.07) is 3.12. The number of hydrogen-bond acceptors (Lipinski definition) is 5. The molecule has 2 N–H and O–H groups in total. The maximum Gasteiger partial charge on any atom is 0.338 e. The number of nitrogens with one attached hydrogen (secondary N) is 2. The highest BCUT2D eigenvalue weighted by molar-refractivity contribution is 7.10. The van der Waals surface area contributed by atoms with Gasteiger partial charge < -0.3 is 15.4 Å². The SMILES string of the molecule is CCOC(=O)C1=C(CN2CCCC2)NC(=O)NC1c1cccs1. The van der Waals surface area contributed by atoms with Crippen LogP contribution >= 0.6 is 11.3 Å². The first kappa shape index (κ1) is 16.0. The molecule has 1 unspecified atom stereocenters. The summed E-state index contributed by atoms with van der Waals surface area (Å²) in [5, 5.41) is 7.60. The second kappa shape index (κ2) is 7.14. The van der Waals surface area contributed by atoms with Gasteiger partial charge in [0.25, 0.3) is 0 Å². The van der Waals surface area contributed by atoms with Crippen molar-refractivity contribution < 1.29 is 14.3 Å². The third-order valence-corrected chi connectivity index (χ3v) is 4.99. The summed E-state index contributed by atoms with van der Waals surface area (Å²) in [5.74, 6) is -0.368. The van der Waals surface area contributed by atoms with Crippen LogP contribution in [0.15, 0.2) is 28.8 Å². The minimum absolute atomic E-state index is 0.273. The molecule has 3 rings (SSSR count). The standard InChI is InChI=1S/C16H21N3O3S/c1-2-22-15(20)13-11(10-19-7-3-4-8-19)17-16(21)18-14(13)12-6-5-9-23-12/h5-6,9,14H,2-4,7-8,10H2,1H3,(H2,17,18,21). The molecule has 1 fully saturated rings. The van der Waals surface area contributed by atoms with Crippen molar-refractivity contribution in [2.75, 3.05) is 26.2 Å². The van der Waals surface area contributed by atoms with Gasteiger partial charge in [0, 0.05) is 17.1 Å². The molecule has 2 amide bonds. The lowest BCUT2D eigenvalue weighted by atomic mass is 10.0. The number of thiophene rings is 1. The summed E-state index contributed by atoms with van der Waals surface area (Å²) in [6.45, 7) is 4.65. The molecule has 1 saturated heterocycles. The fourth-order valence-electron chi connectivity index (χ4n) is 3.03. The van der Waals surface area contributed by atoms with E-state index in [0.29, 0.717) is 24.4 Å². The predicted molar refractivity (Wildman–Crippen MR) is 88.1 cm³/mol. The first-order chi connectivity index (χ1) is 11.2. The molecule has 23 heavy (non-hydrogen) atoms. The number of rotatable bonds is 5. The number of likely N-dealkylation sites (tertiary alicyclic amines) is 1. The molecule has 7 heteroatoms. The van der Waals surface area contributed by atoms with Gasteiger partial charge in [-0.1, -0.05) is 6.07 Å². The number of urea groups is 1. The normalized spacial score (nSPS) is 22.0. The monoisotopic (exact) mass is 335 g/mol. The Labute approximate surface area is 139 Å². The second-order valence-electron chi connectivity index (χ2n) is 5.64. The molecular weight excluding hydrogens is 314 g/mol. The van der Waals surface area contributed by atoms with E-state index in [-0.39, 0.29) is 12.0 Å². The minimum Gasteiger partial charge on any atom is -0.463 e. The molecule has 1 aromatic heterocycles. The van der Waals surface area contributed by atoms with Crippen LogP contribution < -0.4 is 10.6 Å². The van der Waals surface area contributed by atoms with Crippen LogP contribution in [0.1, 0.15) is 30.7 Å². The molecule has 0 radical (unpaired) electrons. The lowest BCUT2D eigenvalue weighted by molar-refractivity contribution is -0.139. The van der Waals surface area contributed by atoms with Crippen LogP contribution in [0.4, 0.5) is 4.79 Å². The van der Waals surface area contributed by atoms with Gasteiger partial charge in [-0.2, -0.15) is 0 Å². The zero-order valence-corrected chi connectivity index (χ0v) is 13.9. The van der Waals surface area contributed by atoms with Crippen LogP contribution in [-0.4, -0.2) is 43.1 Å². The van der Waals surface area contributed by atoms with Crippen molar-refractivity contribution in [2.45, 2.75) is 25.8 Å². The van der Waals surface area contributed by atoms with Gasteiger partial charge in [-0.25, -0.2) is 9.59 Å². The van der Waals surface area contributed by atoms with Crippen LogP contribution in [0.25, 0.3) is 0 Å². The largest absolute Gasteiger partial charge is 0.463 e. The van der Waals surface area contributed by atoms with Crippen molar-refractivity contribution >= 4 is 23.3 Å². The van der Waals surface area contributed by atoms with Crippen LogP contribution in [0, 0.1) is 0 Å². The van der Waals surface area contributed by atoms with Crippen molar-refractivity contribution in [3.05, 3.63) is 33.7 Å². The minimum atomic E-state index is -0.444. The number of carbonyl (C=O) groups is 2. The molecule has 0 bridgehead atoms. The Balaban J connectivity index is 1.96. The lowest BCUT2D eigenvalue weighted by Crippen LogP contribution is -2.48. The Morgan fingerprint density at radius 2 is 2.22 bits per heavy atom. The van der Waals surface area contributed by atoms with Crippen LogP contribution in [-0.2, 0) is 9.53 Å². The third kappa shape index (κ3) is 3.56. The topological polar surface area (TPSA) is 70.7 Å². The summed E-state index contributed by atoms with van der Waals surface area (Å²) >= 11 is 1.52. The second-order valence-corrected chi connectivity index (χ2v) is 6.62. The molecule has 0 aliphatic carbocycles. The van der Waals surface area contributed by atoms with E-state index in [4.69, 9.17) is 4.74 Å². The number of hydrogen-bond donors (Lipinski definition) is 2. The van der Waals surface area contributed by atoms with Crippen molar-refractivity contribution in [3.63, 3.8) is 0 Å². The van der Waals surface area contributed by atoms with Gasteiger partial charge in [0.2, 0.25) is 0 Å². The van der Waals surface area contributed by atoms with Gasteiger partial charge in [-0.15, -0.1) is 11.3 Å². The fourth-order valence-corrected chi connectivity index (χ4v) is 3.81. The maximum atomic E-state index is 12.5. The van der Waals surface area contributed by atoms with Crippen LogP contribution in [0.3, 0.4) is 0 Å². The fraction of sp³-hybridized carbons (Fsp3) is 0.500. The van der Waals surface area contributed by atoms with E-state index < -0.39 is 6.04 Å². The molecule has 6 nitrogen and oxygen atoms in total. The summed E-state index contributed by atoms with van der Waals surface area (Å²) < 4.78 is 5.24. The average molecular weight is 335 g/mol. The van der Waals surface area contributed by atoms with E-state index in [9.17, 15) is 9.59 Å². The number of nitrogens with zero attached hydrogens (tertiary/aromatic N) is 1. The first-order valence-corrected chi connectivity index (χ1v) is 8.80. The van der Waals surface area contributed by atoms with E-state index in [1.54, 1.807) is 6.92 Å². The van der Waals surface area contributed by atoms with E-state index in [2.05, 4.69) is 15.5 Å². The zero-order valence-electron chi connectivity index (χ0n) is 13.1. The summed E-state index contributed by atoms with van der Waals surface area (Å²) in [7, 11) is 0. The van der Waals surface area contributed by atoms with Gasteiger partial charge in [0.15, 0.2) is 0 Å². The third-order valence-electron chi connectivity index (χ3n) is 4.06. The molecule has 3 heterocycles. The van der Waals surface area contributed by atoms with Gasteiger partial charge in [0.1, 0.15) is 0 Å². The quantitative estimate of drug-likeness (QED) is 0.808. The molecule has 0 aromatic carbocycles. The van der Waals surface area contributed by atoms with Gasteiger partial charge in [0.05, 0.1) is 18.2 Å². The van der Waals surface area contributed by atoms with E-state index in [1.807, 2.05) is 17.5 Å². The Morgan fingerprint density at radius 1 is 1.43 bits per heavy atom. The van der Waals surface area contributed by atoms with Gasteiger partial charge in [-0.05, 0) is 44.3 Å². The Bertz CT molecular complexity index is 606. The molecule has 2 aliphatic heterocycles. The Morgan fingerprint density at radius 3 is 2.87 bits per heavy atom.